The molecule has 0 radical (unpaired) electrons. The van der Waals surface area contributed by atoms with Crippen LogP contribution in [0.15, 0.2) is 0 Å². The minimum Gasteiger partial charge on any atom is -0.300 e. The van der Waals surface area contributed by atoms with Crippen molar-refractivity contribution >= 4 is 5.78 Å². The fraction of sp³-hybridized carbons (Fsp3) is 0.667. The van der Waals surface area contributed by atoms with Gasteiger partial charge in [-0.15, -0.1) is 0 Å². The second kappa shape index (κ2) is 2.08. The van der Waals surface area contributed by atoms with E-state index in [1.807, 2.05) is 12.1 Å². The van der Waals surface area contributed by atoms with Crippen LogP contribution in [0.4, 0.5) is 0 Å². The summed E-state index contributed by atoms with van der Waals surface area (Å²) in [5.74, 6) is -0.469. The summed E-state index contributed by atoms with van der Waals surface area (Å²) in [6.45, 7) is 5.00. The molecule has 1 unspecified atom stereocenters. The van der Waals surface area contributed by atoms with Crippen LogP contribution in [0.3, 0.4) is 0 Å². The number of Topliss-reactive ketones (excluding diaryl/α,β-unsaturated/α-hetero) is 1. The van der Waals surface area contributed by atoms with Gasteiger partial charge in [0.05, 0.1) is 18.1 Å². The van der Waals surface area contributed by atoms with Gasteiger partial charge in [0.15, 0.2) is 5.41 Å². The first-order chi connectivity index (χ1) is 5.44. The first-order valence-electron chi connectivity index (χ1n) is 3.77. The molecule has 0 spiro atoms. The SMILES string of the molecule is CC(=O)C1C(C)(C)C1(C#N)C#N. The largest absolute Gasteiger partial charge is 0.300 e. The van der Waals surface area contributed by atoms with Crippen LogP contribution in [0.1, 0.15) is 20.8 Å². The highest BCUT2D eigenvalue weighted by atomic mass is 16.1. The van der Waals surface area contributed by atoms with Crippen LogP contribution < -0.4 is 0 Å². The zero-order chi connectivity index (χ0) is 9.57. The highest BCUT2D eigenvalue weighted by Gasteiger charge is 2.75. The number of carbonyl (C=O) groups is 1. The topological polar surface area (TPSA) is 64.7 Å². The fourth-order valence-corrected chi connectivity index (χ4v) is 2.02. The molecule has 1 rings (SSSR count). The molecule has 62 valence electrons. The van der Waals surface area contributed by atoms with E-state index < -0.39 is 16.7 Å². The highest BCUT2D eigenvalue weighted by Crippen LogP contribution is 2.68. The Morgan fingerprint density at radius 3 is 1.83 bits per heavy atom. The van der Waals surface area contributed by atoms with Gasteiger partial charge in [-0.2, -0.15) is 10.5 Å². The number of rotatable bonds is 1. The van der Waals surface area contributed by atoms with Crippen molar-refractivity contribution < 1.29 is 4.79 Å². The maximum Gasteiger partial charge on any atom is 0.159 e. The molecule has 0 aromatic rings. The Balaban J connectivity index is 3.10. The Labute approximate surface area is 71.6 Å². The smallest absolute Gasteiger partial charge is 0.159 e. The van der Waals surface area contributed by atoms with Gasteiger partial charge in [-0.25, -0.2) is 0 Å². The number of nitriles is 2. The van der Waals surface area contributed by atoms with E-state index in [2.05, 4.69) is 0 Å². The third-order valence-electron chi connectivity index (χ3n) is 2.85. The molecule has 0 saturated heterocycles. The molecule has 0 aliphatic heterocycles. The number of carbonyl (C=O) groups excluding carboxylic acids is 1. The van der Waals surface area contributed by atoms with Crippen LogP contribution >= 0.6 is 0 Å². The van der Waals surface area contributed by atoms with Gasteiger partial charge in [-0.1, -0.05) is 13.8 Å². The quantitative estimate of drug-likeness (QED) is 0.583. The van der Waals surface area contributed by atoms with E-state index in [1.165, 1.54) is 6.92 Å². The molecule has 1 aliphatic carbocycles. The molecular weight excluding hydrogens is 152 g/mol. The lowest BCUT2D eigenvalue weighted by molar-refractivity contribution is -0.119. The zero-order valence-electron chi connectivity index (χ0n) is 7.38. The van der Waals surface area contributed by atoms with E-state index in [-0.39, 0.29) is 5.78 Å². The van der Waals surface area contributed by atoms with E-state index in [4.69, 9.17) is 10.5 Å². The number of hydrogen-bond acceptors (Lipinski definition) is 3. The predicted molar refractivity (Wildman–Crippen MR) is 41.6 cm³/mol. The summed E-state index contributed by atoms with van der Waals surface area (Å²) in [4.78, 5) is 11.1. The molecule has 1 aliphatic rings. The second-order valence-electron chi connectivity index (χ2n) is 3.80. The Morgan fingerprint density at radius 2 is 1.75 bits per heavy atom. The van der Waals surface area contributed by atoms with Crippen molar-refractivity contribution in [2.75, 3.05) is 0 Å². The molecular formula is C9H10N2O. The lowest BCUT2D eigenvalue weighted by Crippen LogP contribution is -2.03. The van der Waals surface area contributed by atoms with Gasteiger partial charge < -0.3 is 0 Å². The van der Waals surface area contributed by atoms with Crippen molar-refractivity contribution in [3.63, 3.8) is 0 Å². The average Bonchev–Trinajstić information content (AvgIpc) is 2.47. The van der Waals surface area contributed by atoms with Gasteiger partial charge in [0.2, 0.25) is 0 Å². The van der Waals surface area contributed by atoms with Crippen LogP contribution in [0.5, 0.6) is 0 Å². The van der Waals surface area contributed by atoms with Crippen LogP contribution in [0.2, 0.25) is 0 Å². The summed E-state index contributed by atoms with van der Waals surface area (Å²) in [6.07, 6.45) is 0. The highest BCUT2D eigenvalue weighted by molar-refractivity contribution is 5.86. The molecule has 0 aromatic carbocycles. The molecule has 0 amide bonds. The van der Waals surface area contributed by atoms with Gasteiger partial charge in [0.1, 0.15) is 5.78 Å². The van der Waals surface area contributed by atoms with E-state index in [0.29, 0.717) is 0 Å². The van der Waals surface area contributed by atoms with Crippen molar-refractivity contribution in [1.82, 2.24) is 0 Å². The van der Waals surface area contributed by atoms with Gasteiger partial charge in [-0.05, 0) is 6.92 Å². The first-order valence-corrected chi connectivity index (χ1v) is 3.77. The van der Waals surface area contributed by atoms with E-state index >= 15 is 0 Å². The summed E-state index contributed by atoms with van der Waals surface area (Å²) in [6, 6.07) is 3.88. The molecule has 3 nitrogen and oxygen atoms in total. The molecule has 1 atom stereocenters. The molecule has 12 heavy (non-hydrogen) atoms. The lowest BCUT2D eigenvalue weighted by Gasteiger charge is -1.98. The number of ketones is 1. The summed E-state index contributed by atoms with van der Waals surface area (Å²) in [7, 11) is 0. The Hall–Kier alpha value is -1.35. The molecule has 1 saturated carbocycles. The molecule has 3 heteroatoms. The van der Waals surface area contributed by atoms with Crippen LogP contribution in [-0.4, -0.2) is 5.78 Å². The van der Waals surface area contributed by atoms with Gasteiger partial charge >= 0.3 is 0 Å². The summed E-state index contributed by atoms with van der Waals surface area (Å²) in [5, 5.41) is 17.6. The Kier molecular flexibility index (Phi) is 1.51. The molecule has 0 bridgehead atoms. The molecule has 0 N–H and O–H groups in total. The minimum absolute atomic E-state index is 0.0666. The van der Waals surface area contributed by atoms with Crippen LogP contribution in [0, 0.1) is 39.4 Å². The monoisotopic (exact) mass is 162 g/mol. The fourth-order valence-electron chi connectivity index (χ4n) is 2.02. The minimum atomic E-state index is -1.07. The van der Waals surface area contributed by atoms with Crippen LogP contribution in [0.25, 0.3) is 0 Å². The van der Waals surface area contributed by atoms with Gasteiger partial charge in [0.25, 0.3) is 0 Å². The molecule has 1 fully saturated rings. The van der Waals surface area contributed by atoms with E-state index in [0.717, 1.165) is 0 Å². The third kappa shape index (κ3) is 0.662. The maximum absolute atomic E-state index is 11.1. The van der Waals surface area contributed by atoms with Crippen molar-refractivity contribution in [3.05, 3.63) is 0 Å². The standard InChI is InChI=1S/C9H10N2O/c1-6(12)7-8(2,3)9(7,4-10)5-11/h7H,1-3H3. The normalized spacial score (nSPS) is 28.2. The van der Waals surface area contributed by atoms with Gasteiger partial charge in [-0.3, -0.25) is 4.79 Å². The predicted octanol–water partition coefficient (Wildman–Crippen LogP) is 1.26. The first kappa shape index (κ1) is 8.74. The number of hydrogen-bond donors (Lipinski definition) is 0. The lowest BCUT2D eigenvalue weighted by atomic mass is 10.00. The summed E-state index contributed by atoms with van der Waals surface area (Å²) in [5.41, 5.74) is -1.54. The van der Waals surface area contributed by atoms with Gasteiger partial charge in [0, 0.05) is 5.41 Å². The second-order valence-corrected chi connectivity index (χ2v) is 3.80. The van der Waals surface area contributed by atoms with E-state index in [1.54, 1.807) is 13.8 Å². The van der Waals surface area contributed by atoms with Crippen molar-refractivity contribution in [3.8, 4) is 12.1 Å². The number of nitrogens with zero attached hydrogens (tertiary/aromatic N) is 2. The molecule has 0 heterocycles. The Bertz CT molecular complexity index is 302. The van der Waals surface area contributed by atoms with Crippen molar-refractivity contribution in [1.29, 1.82) is 10.5 Å². The summed E-state index contributed by atoms with van der Waals surface area (Å²) < 4.78 is 0. The maximum atomic E-state index is 11.1. The van der Waals surface area contributed by atoms with E-state index in [9.17, 15) is 4.79 Å². The van der Waals surface area contributed by atoms with Crippen LogP contribution in [-0.2, 0) is 4.79 Å². The molecule has 0 aromatic heterocycles. The average molecular weight is 162 g/mol. The van der Waals surface area contributed by atoms with Crippen molar-refractivity contribution in [2.45, 2.75) is 20.8 Å². The zero-order valence-corrected chi connectivity index (χ0v) is 7.38. The summed E-state index contributed by atoms with van der Waals surface area (Å²) >= 11 is 0. The Morgan fingerprint density at radius 1 is 1.33 bits per heavy atom. The third-order valence-corrected chi connectivity index (χ3v) is 2.85. The van der Waals surface area contributed by atoms with Crippen molar-refractivity contribution in [2.24, 2.45) is 16.7 Å².